The Morgan fingerprint density at radius 3 is 2.63 bits per heavy atom. The second-order valence-corrected chi connectivity index (χ2v) is 6.51. The zero-order chi connectivity index (χ0) is 14.0. The van der Waals surface area contributed by atoms with Gasteiger partial charge in [-0.1, -0.05) is 0 Å². The largest absolute Gasteiger partial charge is 0.324 e. The number of nitrogens with one attached hydrogen (secondary N) is 2. The van der Waals surface area contributed by atoms with Crippen molar-refractivity contribution in [3.63, 3.8) is 0 Å². The van der Waals surface area contributed by atoms with Crippen molar-refractivity contribution in [2.75, 3.05) is 16.3 Å². The predicted octanol–water partition coefficient (Wildman–Crippen LogP) is 1.94. The Kier molecular flexibility index (Phi) is 3.75. The summed E-state index contributed by atoms with van der Waals surface area (Å²) < 4.78 is 37.7. The highest BCUT2D eigenvalue weighted by atomic mass is 32.2. The molecule has 0 radical (unpaired) electrons. The highest BCUT2D eigenvalue weighted by Crippen LogP contribution is 2.33. The molecule has 19 heavy (non-hydrogen) atoms. The summed E-state index contributed by atoms with van der Waals surface area (Å²) in [5, 5.41) is 2.60. The zero-order valence-electron chi connectivity index (χ0n) is 10.4. The van der Waals surface area contributed by atoms with Gasteiger partial charge in [0.1, 0.15) is 5.82 Å². The Morgan fingerprint density at radius 1 is 1.37 bits per heavy atom. The molecule has 1 aliphatic carbocycles. The van der Waals surface area contributed by atoms with E-state index in [-0.39, 0.29) is 17.3 Å². The molecule has 1 aliphatic rings. The van der Waals surface area contributed by atoms with Gasteiger partial charge in [-0.25, -0.2) is 12.8 Å². The molecule has 104 valence electrons. The highest BCUT2D eigenvalue weighted by Gasteiger charge is 2.24. The molecular formula is C12H15FN2O3S. The first-order valence-electron chi connectivity index (χ1n) is 5.91. The molecule has 1 aromatic carbocycles. The minimum atomic E-state index is -3.53. The van der Waals surface area contributed by atoms with Crippen LogP contribution in [0.3, 0.4) is 0 Å². The molecule has 5 nitrogen and oxygen atoms in total. The molecule has 7 heteroatoms. The normalized spacial score (nSPS) is 15.1. The molecule has 1 amide bonds. The lowest BCUT2D eigenvalue weighted by Gasteiger charge is -2.12. The fourth-order valence-corrected chi connectivity index (χ4v) is 2.26. The molecule has 1 saturated carbocycles. The summed E-state index contributed by atoms with van der Waals surface area (Å²) >= 11 is 0. The van der Waals surface area contributed by atoms with E-state index in [1.165, 1.54) is 12.1 Å². The van der Waals surface area contributed by atoms with E-state index in [0.717, 1.165) is 25.2 Å². The topological polar surface area (TPSA) is 75.3 Å². The molecule has 0 spiro atoms. The van der Waals surface area contributed by atoms with Gasteiger partial charge in [-0.2, -0.15) is 0 Å². The van der Waals surface area contributed by atoms with E-state index in [1.54, 1.807) is 0 Å². The Balaban J connectivity index is 2.15. The number of hydrogen-bond donors (Lipinski definition) is 2. The zero-order valence-corrected chi connectivity index (χ0v) is 11.3. The van der Waals surface area contributed by atoms with E-state index < -0.39 is 15.8 Å². The molecule has 0 atom stereocenters. The lowest BCUT2D eigenvalue weighted by atomic mass is 10.2. The van der Waals surface area contributed by atoms with Crippen LogP contribution in [0.4, 0.5) is 15.8 Å². The van der Waals surface area contributed by atoms with Crippen molar-refractivity contribution in [1.29, 1.82) is 0 Å². The average Bonchev–Trinajstić information content (AvgIpc) is 3.03. The van der Waals surface area contributed by atoms with Gasteiger partial charge in [-0.15, -0.1) is 0 Å². The van der Waals surface area contributed by atoms with E-state index in [9.17, 15) is 17.6 Å². The Labute approximate surface area is 111 Å². The molecule has 2 N–H and O–H groups in total. The quantitative estimate of drug-likeness (QED) is 0.868. The van der Waals surface area contributed by atoms with Crippen LogP contribution in [0.2, 0.25) is 0 Å². The minimum absolute atomic E-state index is 0.0339. The molecule has 0 saturated heterocycles. The second kappa shape index (κ2) is 5.16. The van der Waals surface area contributed by atoms with Crippen molar-refractivity contribution < 1.29 is 17.6 Å². The number of rotatable bonds is 5. The Hall–Kier alpha value is -1.63. The fraction of sp³-hybridized carbons (Fsp3) is 0.417. The number of amides is 1. The van der Waals surface area contributed by atoms with E-state index in [2.05, 4.69) is 10.0 Å². The number of halogens is 1. The van der Waals surface area contributed by atoms with Crippen LogP contribution < -0.4 is 10.0 Å². The van der Waals surface area contributed by atoms with Crippen LogP contribution >= 0.6 is 0 Å². The smallest absolute Gasteiger partial charge is 0.229 e. The average molecular weight is 286 g/mol. The monoisotopic (exact) mass is 286 g/mol. The van der Waals surface area contributed by atoms with Gasteiger partial charge in [0.2, 0.25) is 15.9 Å². The third-order valence-corrected chi connectivity index (χ3v) is 3.31. The van der Waals surface area contributed by atoms with Gasteiger partial charge in [0.15, 0.2) is 0 Å². The number of carbonyl (C=O) groups is 1. The van der Waals surface area contributed by atoms with Crippen LogP contribution in [0.15, 0.2) is 18.2 Å². The van der Waals surface area contributed by atoms with Gasteiger partial charge in [-0.05, 0) is 30.9 Å². The molecular weight excluding hydrogens is 271 g/mol. The molecule has 2 rings (SSSR count). The lowest BCUT2D eigenvalue weighted by Crippen LogP contribution is -2.16. The van der Waals surface area contributed by atoms with Crippen molar-refractivity contribution >= 4 is 27.3 Å². The second-order valence-electron chi connectivity index (χ2n) is 4.76. The van der Waals surface area contributed by atoms with Gasteiger partial charge in [0.05, 0.1) is 17.6 Å². The first-order chi connectivity index (χ1) is 8.83. The maximum Gasteiger partial charge on any atom is 0.229 e. The number of benzene rings is 1. The van der Waals surface area contributed by atoms with E-state index in [1.807, 2.05) is 0 Å². The maximum absolute atomic E-state index is 13.1. The minimum Gasteiger partial charge on any atom is -0.324 e. The summed E-state index contributed by atoms with van der Waals surface area (Å²) in [5.41, 5.74) is 0.295. The summed E-state index contributed by atoms with van der Waals surface area (Å²) in [6, 6.07) is 3.54. The van der Waals surface area contributed by atoms with Crippen LogP contribution in [0.25, 0.3) is 0 Å². The molecule has 0 bridgehead atoms. The van der Waals surface area contributed by atoms with E-state index >= 15 is 0 Å². The van der Waals surface area contributed by atoms with Crippen molar-refractivity contribution in [1.82, 2.24) is 0 Å². The first kappa shape index (κ1) is 13.8. The number of hydrogen-bond acceptors (Lipinski definition) is 3. The molecule has 0 unspecified atom stereocenters. The SMILES string of the molecule is CS(=O)(=O)Nc1cc(F)ccc1NC(=O)CC1CC1. The summed E-state index contributed by atoms with van der Waals surface area (Å²) in [7, 11) is -3.53. The van der Waals surface area contributed by atoms with Crippen LogP contribution in [0.5, 0.6) is 0 Å². The third kappa shape index (κ3) is 4.51. The lowest BCUT2D eigenvalue weighted by molar-refractivity contribution is -0.116. The van der Waals surface area contributed by atoms with Gasteiger partial charge < -0.3 is 5.32 Å². The van der Waals surface area contributed by atoms with Gasteiger partial charge >= 0.3 is 0 Å². The Bertz CT molecular complexity index is 597. The molecule has 1 aromatic rings. The third-order valence-electron chi connectivity index (χ3n) is 2.72. The first-order valence-corrected chi connectivity index (χ1v) is 7.80. The van der Waals surface area contributed by atoms with E-state index in [4.69, 9.17) is 0 Å². The van der Waals surface area contributed by atoms with Crippen molar-refractivity contribution in [3.8, 4) is 0 Å². The standard InChI is InChI=1S/C12H15FN2O3S/c1-19(17,18)15-11-7-9(13)4-5-10(11)14-12(16)6-8-2-3-8/h4-5,7-8,15H,2-3,6H2,1H3,(H,14,16). The van der Waals surface area contributed by atoms with Crippen LogP contribution in [-0.4, -0.2) is 20.6 Å². The molecule has 0 heterocycles. The van der Waals surface area contributed by atoms with Crippen molar-refractivity contribution in [2.45, 2.75) is 19.3 Å². The van der Waals surface area contributed by atoms with Gasteiger partial charge in [0, 0.05) is 12.5 Å². The van der Waals surface area contributed by atoms with Crippen LogP contribution in [0, 0.1) is 11.7 Å². The van der Waals surface area contributed by atoms with Crippen LogP contribution in [0.1, 0.15) is 19.3 Å². The molecule has 0 aliphatic heterocycles. The van der Waals surface area contributed by atoms with E-state index in [0.29, 0.717) is 12.3 Å². The number of carbonyl (C=O) groups excluding carboxylic acids is 1. The Morgan fingerprint density at radius 2 is 2.05 bits per heavy atom. The van der Waals surface area contributed by atoms with Gasteiger partial charge in [-0.3, -0.25) is 9.52 Å². The summed E-state index contributed by atoms with van der Waals surface area (Å²) in [5.74, 6) is -0.344. The number of sulfonamides is 1. The summed E-state index contributed by atoms with van der Waals surface area (Å²) in [6.45, 7) is 0. The maximum atomic E-state index is 13.1. The predicted molar refractivity (Wildman–Crippen MR) is 70.8 cm³/mol. The van der Waals surface area contributed by atoms with Gasteiger partial charge in [0.25, 0.3) is 0 Å². The summed E-state index contributed by atoms with van der Waals surface area (Å²) in [4.78, 5) is 11.7. The summed E-state index contributed by atoms with van der Waals surface area (Å²) in [6.07, 6.45) is 3.47. The molecule has 0 aromatic heterocycles. The van der Waals surface area contributed by atoms with Crippen molar-refractivity contribution in [2.24, 2.45) is 5.92 Å². The molecule has 1 fully saturated rings. The van der Waals surface area contributed by atoms with Crippen molar-refractivity contribution in [3.05, 3.63) is 24.0 Å². The number of anilines is 2. The highest BCUT2D eigenvalue weighted by molar-refractivity contribution is 7.92. The van der Waals surface area contributed by atoms with Crippen LogP contribution in [-0.2, 0) is 14.8 Å². The fourth-order valence-electron chi connectivity index (χ4n) is 1.70.